The van der Waals surface area contributed by atoms with Gasteiger partial charge < -0.3 is 44.5 Å². The first-order valence-electron chi connectivity index (χ1n) is 10.4. The standard InChI is InChI=1S/C17H24O11/c1-3-7-8(4-11(19)20)9(15(24)25-2)6-26-16(7)28-17-14(23)13(22)12(21)10(5-18)27-17/h3,6-8,10,12-14,16-18,21-23H,1,4-5H2,2H3,(H,19,20)/i5D2,12D,13D,14D. The van der Waals surface area contributed by atoms with Crippen molar-refractivity contribution in [3.05, 3.63) is 24.5 Å². The molecule has 0 amide bonds. The summed E-state index contributed by atoms with van der Waals surface area (Å²) < 4.78 is 58.0. The van der Waals surface area contributed by atoms with Gasteiger partial charge in [0.05, 0.1) is 38.8 Å². The van der Waals surface area contributed by atoms with E-state index in [0.717, 1.165) is 19.4 Å². The summed E-state index contributed by atoms with van der Waals surface area (Å²) in [6.07, 6.45) is -17.0. The molecule has 2 rings (SSSR count). The minimum absolute atomic E-state index is 0.211. The number of esters is 1. The van der Waals surface area contributed by atoms with E-state index in [9.17, 15) is 35.1 Å². The van der Waals surface area contributed by atoms with E-state index in [2.05, 4.69) is 11.3 Å². The van der Waals surface area contributed by atoms with Crippen molar-refractivity contribution in [2.75, 3.05) is 13.7 Å². The number of carboxylic acids is 1. The van der Waals surface area contributed by atoms with Gasteiger partial charge in [-0.3, -0.25) is 4.79 Å². The Hall–Kier alpha value is -2.02. The topological polar surface area (TPSA) is 172 Å². The molecule has 8 atom stereocenters. The molecule has 5 N–H and O–H groups in total. The van der Waals surface area contributed by atoms with E-state index in [0.29, 0.717) is 0 Å². The van der Waals surface area contributed by atoms with E-state index in [4.69, 9.17) is 21.1 Å². The second-order valence-electron chi connectivity index (χ2n) is 5.82. The second-order valence-corrected chi connectivity index (χ2v) is 5.82. The van der Waals surface area contributed by atoms with Crippen LogP contribution in [0.15, 0.2) is 24.5 Å². The first kappa shape index (κ1) is 15.9. The molecule has 158 valence electrons. The van der Waals surface area contributed by atoms with Crippen molar-refractivity contribution < 1.29 is 60.9 Å². The van der Waals surface area contributed by atoms with E-state index in [1.807, 2.05) is 0 Å². The minimum atomic E-state index is -3.89. The van der Waals surface area contributed by atoms with Gasteiger partial charge in [0.1, 0.15) is 24.3 Å². The summed E-state index contributed by atoms with van der Waals surface area (Å²) in [5.74, 6) is -4.59. The molecule has 0 aromatic heterocycles. The molecular formula is C17H24O11. The molecule has 1 fully saturated rings. The van der Waals surface area contributed by atoms with Crippen LogP contribution in [-0.2, 0) is 28.5 Å². The molecule has 2 aliphatic rings. The van der Waals surface area contributed by atoms with E-state index in [-0.39, 0.29) is 5.57 Å². The molecule has 11 nitrogen and oxygen atoms in total. The summed E-state index contributed by atoms with van der Waals surface area (Å²) in [6, 6.07) is 0. The number of hydrogen-bond donors (Lipinski definition) is 5. The minimum Gasteiger partial charge on any atom is -0.481 e. The third-order valence-corrected chi connectivity index (χ3v) is 4.19. The molecule has 0 bridgehead atoms. The Kier molecular flexibility index (Phi) is 5.35. The van der Waals surface area contributed by atoms with Gasteiger partial charge in [0.25, 0.3) is 0 Å². The first-order valence-corrected chi connectivity index (χ1v) is 7.92. The molecule has 0 aromatic carbocycles. The van der Waals surface area contributed by atoms with Crippen LogP contribution in [-0.4, -0.2) is 88.1 Å². The van der Waals surface area contributed by atoms with Gasteiger partial charge in [0, 0.05) is 11.8 Å². The lowest BCUT2D eigenvalue weighted by Gasteiger charge is -2.42. The molecule has 0 spiro atoms. The largest absolute Gasteiger partial charge is 0.481 e. The highest BCUT2D eigenvalue weighted by Crippen LogP contribution is 2.36. The van der Waals surface area contributed by atoms with Crippen LogP contribution in [0.3, 0.4) is 0 Å². The van der Waals surface area contributed by atoms with Gasteiger partial charge in [0.2, 0.25) is 6.29 Å². The van der Waals surface area contributed by atoms with E-state index < -0.39 is 73.7 Å². The summed E-state index contributed by atoms with van der Waals surface area (Å²) in [5.41, 5.74) is -0.211. The normalized spacial score (nSPS) is 49.1. The zero-order chi connectivity index (χ0) is 25.6. The van der Waals surface area contributed by atoms with Crippen LogP contribution >= 0.6 is 0 Å². The highest BCUT2D eigenvalue weighted by Gasteiger charge is 2.47. The van der Waals surface area contributed by atoms with Crippen LogP contribution in [0.1, 0.15) is 13.3 Å². The maximum absolute atomic E-state index is 12.0. The predicted molar refractivity (Wildman–Crippen MR) is 89.3 cm³/mol. The van der Waals surface area contributed by atoms with Crippen molar-refractivity contribution in [3.63, 3.8) is 0 Å². The van der Waals surface area contributed by atoms with Crippen LogP contribution in [0, 0.1) is 11.8 Å². The van der Waals surface area contributed by atoms with Crippen molar-refractivity contribution in [2.45, 2.75) is 43.3 Å². The van der Waals surface area contributed by atoms with Crippen LogP contribution in [0.25, 0.3) is 0 Å². The number of aliphatic carboxylic acids is 1. The molecule has 0 saturated carbocycles. The molecule has 1 saturated heterocycles. The quantitative estimate of drug-likeness (QED) is 0.235. The average molecular weight is 409 g/mol. The molecule has 0 radical (unpaired) electrons. The van der Waals surface area contributed by atoms with E-state index in [1.54, 1.807) is 0 Å². The SMILES string of the molecule is [2H]C([2H])(O)C1OC(OC2OC=C(C(=O)OC)C(CC(=O)O)C2C=C)C([2H])(O)C([2H])(O)C1([2H])O. The van der Waals surface area contributed by atoms with E-state index >= 15 is 0 Å². The van der Waals surface area contributed by atoms with Gasteiger partial charge >= 0.3 is 11.9 Å². The molecule has 2 aliphatic heterocycles. The van der Waals surface area contributed by atoms with Gasteiger partial charge in [-0.05, 0) is 0 Å². The molecule has 28 heavy (non-hydrogen) atoms. The number of rotatable bonds is 7. The molecule has 11 heteroatoms. The van der Waals surface area contributed by atoms with Crippen molar-refractivity contribution in [3.8, 4) is 0 Å². The fourth-order valence-corrected chi connectivity index (χ4v) is 2.79. The van der Waals surface area contributed by atoms with Crippen LogP contribution in [0.2, 0.25) is 0 Å². The van der Waals surface area contributed by atoms with Crippen molar-refractivity contribution in [1.29, 1.82) is 0 Å². The lowest BCUT2D eigenvalue weighted by Crippen LogP contribution is -2.60. The zero-order valence-corrected chi connectivity index (χ0v) is 14.6. The molecular weight excluding hydrogens is 380 g/mol. The van der Waals surface area contributed by atoms with Crippen molar-refractivity contribution in [1.82, 2.24) is 0 Å². The molecule has 2 heterocycles. The fourth-order valence-electron chi connectivity index (χ4n) is 2.79. The number of carbonyl (C=O) groups excluding carboxylic acids is 1. The maximum Gasteiger partial charge on any atom is 0.337 e. The van der Waals surface area contributed by atoms with Crippen LogP contribution < -0.4 is 0 Å². The predicted octanol–water partition coefficient (Wildman–Crippen LogP) is -1.89. The third-order valence-electron chi connectivity index (χ3n) is 4.19. The number of carbonyl (C=O) groups is 2. The Labute approximate surface area is 167 Å². The molecule has 0 aliphatic carbocycles. The van der Waals surface area contributed by atoms with Crippen LogP contribution in [0.5, 0.6) is 0 Å². The maximum atomic E-state index is 12.0. The second kappa shape index (κ2) is 9.45. The lowest BCUT2D eigenvalue weighted by molar-refractivity contribution is -0.339. The highest BCUT2D eigenvalue weighted by atomic mass is 16.8. The Morgan fingerprint density at radius 3 is 2.54 bits per heavy atom. The number of ether oxygens (including phenoxy) is 4. The van der Waals surface area contributed by atoms with Gasteiger partial charge in [-0.15, -0.1) is 6.58 Å². The van der Waals surface area contributed by atoms with Crippen molar-refractivity contribution in [2.24, 2.45) is 11.8 Å². The highest BCUT2D eigenvalue weighted by molar-refractivity contribution is 5.89. The summed E-state index contributed by atoms with van der Waals surface area (Å²) in [4.78, 5) is 23.4. The smallest absolute Gasteiger partial charge is 0.337 e. The average Bonchev–Trinajstić information content (AvgIpc) is 2.67. The van der Waals surface area contributed by atoms with Gasteiger partial charge in [0.15, 0.2) is 6.29 Å². The Bertz CT molecular complexity index is 823. The Balaban J connectivity index is 2.46. The molecule has 0 aromatic rings. The van der Waals surface area contributed by atoms with Gasteiger partial charge in [-0.1, -0.05) is 6.08 Å². The number of methoxy groups -OCH3 is 1. The van der Waals surface area contributed by atoms with Crippen molar-refractivity contribution >= 4 is 11.9 Å². The summed E-state index contributed by atoms with van der Waals surface area (Å²) in [5, 5.41) is 49.6. The summed E-state index contributed by atoms with van der Waals surface area (Å²) in [7, 11) is 1.04. The number of carboxylic acid groups (broad SMARTS) is 1. The summed E-state index contributed by atoms with van der Waals surface area (Å²) in [6.45, 7) is -0.0487. The zero-order valence-electron chi connectivity index (χ0n) is 19.6. The van der Waals surface area contributed by atoms with Crippen LogP contribution in [0.4, 0.5) is 0 Å². The monoisotopic (exact) mass is 409 g/mol. The van der Waals surface area contributed by atoms with Gasteiger partial charge in [-0.25, -0.2) is 4.79 Å². The molecule has 8 unspecified atom stereocenters. The summed E-state index contributed by atoms with van der Waals surface area (Å²) >= 11 is 0. The third kappa shape index (κ3) is 4.51. The van der Waals surface area contributed by atoms with E-state index in [1.165, 1.54) is 0 Å². The first-order chi connectivity index (χ1) is 14.9. The Morgan fingerprint density at radius 2 is 2.00 bits per heavy atom. The Morgan fingerprint density at radius 1 is 1.32 bits per heavy atom. The van der Waals surface area contributed by atoms with Gasteiger partial charge in [-0.2, -0.15) is 0 Å². The lowest BCUT2D eigenvalue weighted by atomic mass is 9.81. The number of hydrogen-bond acceptors (Lipinski definition) is 10. The fraction of sp³-hybridized carbons (Fsp3) is 0.647. The number of aliphatic hydroxyl groups is 4.